The molecule has 1 fully saturated rings. The number of likely N-dealkylation sites (tertiary alicyclic amines) is 1. The van der Waals surface area contributed by atoms with Gasteiger partial charge in [0.15, 0.2) is 5.69 Å². The first kappa shape index (κ1) is 24.9. The molecule has 1 saturated heterocycles. The second-order valence-electron chi connectivity index (χ2n) is 9.33. The average Bonchev–Trinajstić information content (AvgIpc) is 3.30. The van der Waals surface area contributed by atoms with E-state index in [2.05, 4.69) is 25.4 Å². The number of nitrogens with zero attached hydrogens (tertiary/aromatic N) is 3. The van der Waals surface area contributed by atoms with E-state index >= 15 is 0 Å². The first-order valence-corrected chi connectivity index (χ1v) is 12.0. The van der Waals surface area contributed by atoms with Crippen LogP contribution in [0.2, 0.25) is 0 Å². The molecule has 5 rings (SSSR count). The van der Waals surface area contributed by atoms with Crippen molar-refractivity contribution in [1.29, 1.82) is 0 Å². The van der Waals surface area contributed by atoms with Crippen LogP contribution in [-0.2, 0) is 12.7 Å². The third-order valence-electron chi connectivity index (χ3n) is 6.67. The maximum absolute atomic E-state index is 14.9. The van der Waals surface area contributed by atoms with E-state index in [0.29, 0.717) is 40.3 Å². The highest BCUT2D eigenvalue weighted by Gasteiger charge is 2.31. The van der Waals surface area contributed by atoms with Crippen molar-refractivity contribution in [3.05, 3.63) is 77.0 Å². The lowest BCUT2D eigenvalue weighted by Crippen LogP contribution is -2.29. The summed E-state index contributed by atoms with van der Waals surface area (Å²) in [6, 6.07) is 9.67. The van der Waals surface area contributed by atoms with Crippen molar-refractivity contribution in [2.45, 2.75) is 38.9 Å². The molecule has 1 aliphatic heterocycles. The summed E-state index contributed by atoms with van der Waals surface area (Å²) in [5, 5.41) is 9.75. The minimum absolute atomic E-state index is 0.0110. The van der Waals surface area contributed by atoms with Crippen molar-refractivity contribution in [1.82, 2.24) is 20.1 Å². The number of hydrogen-bond donors (Lipinski definition) is 2. The molecule has 6 nitrogen and oxygen atoms in total. The summed E-state index contributed by atoms with van der Waals surface area (Å²) in [6.45, 7) is 4.36. The first-order chi connectivity index (χ1) is 17.7. The fraction of sp³-hybridized carbons (Fsp3) is 0.296. The van der Waals surface area contributed by atoms with Crippen LogP contribution < -0.4 is 5.32 Å². The number of amides is 1. The van der Waals surface area contributed by atoms with Gasteiger partial charge in [0.2, 0.25) is 0 Å². The molecule has 1 aliphatic rings. The molecule has 3 heterocycles. The lowest BCUT2D eigenvalue weighted by atomic mass is 9.95. The Kier molecular flexibility index (Phi) is 6.68. The smallest absolute Gasteiger partial charge is 0.319 e. The van der Waals surface area contributed by atoms with E-state index in [0.717, 1.165) is 43.8 Å². The number of carbonyl (C=O) groups is 1. The Bertz CT molecular complexity index is 1460. The summed E-state index contributed by atoms with van der Waals surface area (Å²) in [5.74, 6) is -0.988. The maximum Gasteiger partial charge on any atom is 0.417 e. The fourth-order valence-electron chi connectivity index (χ4n) is 4.71. The molecule has 0 bridgehead atoms. The minimum Gasteiger partial charge on any atom is -0.319 e. The monoisotopic (exact) mass is 511 g/mol. The van der Waals surface area contributed by atoms with Gasteiger partial charge < -0.3 is 5.32 Å². The van der Waals surface area contributed by atoms with Crippen molar-refractivity contribution >= 4 is 22.5 Å². The predicted molar refractivity (Wildman–Crippen MR) is 133 cm³/mol. The van der Waals surface area contributed by atoms with Gasteiger partial charge in [-0.15, -0.1) is 0 Å². The van der Waals surface area contributed by atoms with Gasteiger partial charge in [0.25, 0.3) is 5.91 Å². The van der Waals surface area contributed by atoms with Crippen LogP contribution in [0.4, 0.5) is 23.2 Å². The van der Waals surface area contributed by atoms with Gasteiger partial charge >= 0.3 is 6.18 Å². The van der Waals surface area contributed by atoms with Gasteiger partial charge in [0.1, 0.15) is 5.82 Å². The Morgan fingerprint density at radius 1 is 1.08 bits per heavy atom. The number of benzene rings is 2. The lowest BCUT2D eigenvalue weighted by Gasteiger charge is -2.26. The highest BCUT2D eigenvalue weighted by Crippen LogP contribution is 2.32. The highest BCUT2D eigenvalue weighted by atomic mass is 19.4. The standard InChI is InChI=1S/C27H25F4N5O/c1-16-21(9-17(10-23(16)28)15-36-7-3-2-4-8-36)18-5-6-24-22(11-18)25(35-34-24)26(37)33-20-12-19(13-32-14-20)27(29,30)31/h5-6,9-14H,2-4,7-8,15H2,1H3,(H,33,37)(H,34,35). The van der Waals surface area contributed by atoms with Crippen LogP contribution >= 0.6 is 0 Å². The van der Waals surface area contributed by atoms with Crippen LogP contribution in [0.25, 0.3) is 22.0 Å². The number of carbonyl (C=O) groups excluding carboxylic acids is 1. The average molecular weight is 512 g/mol. The Hall–Kier alpha value is -3.79. The number of fused-ring (bicyclic) bond motifs is 1. The Labute approximate surface area is 210 Å². The third kappa shape index (κ3) is 5.34. The highest BCUT2D eigenvalue weighted by molar-refractivity contribution is 6.11. The zero-order chi connectivity index (χ0) is 26.2. The number of alkyl halides is 3. The Morgan fingerprint density at radius 3 is 2.62 bits per heavy atom. The largest absolute Gasteiger partial charge is 0.417 e. The van der Waals surface area contributed by atoms with Crippen LogP contribution in [0, 0.1) is 12.7 Å². The number of nitrogens with one attached hydrogen (secondary N) is 2. The molecule has 10 heteroatoms. The Morgan fingerprint density at radius 2 is 1.86 bits per heavy atom. The van der Waals surface area contributed by atoms with Crippen LogP contribution in [0.15, 0.2) is 48.8 Å². The first-order valence-electron chi connectivity index (χ1n) is 12.0. The third-order valence-corrected chi connectivity index (χ3v) is 6.67. The van der Waals surface area contributed by atoms with E-state index in [-0.39, 0.29) is 17.2 Å². The van der Waals surface area contributed by atoms with Gasteiger partial charge in [-0.05, 0) is 85.4 Å². The fourth-order valence-corrected chi connectivity index (χ4v) is 4.71. The number of aromatic nitrogens is 3. The summed E-state index contributed by atoms with van der Waals surface area (Å²) in [4.78, 5) is 18.8. The summed E-state index contributed by atoms with van der Waals surface area (Å²) in [5.41, 5.74) is 2.30. The van der Waals surface area contributed by atoms with Crippen LogP contribution in [0.3, 0.4) is 0 Å². The van der Waals surface area contributed by atoms with E-state index < -0.39 is 17.6 Å². The lowest BCUT2D eigenvalue weighted by molar-refractivity contribution is -0.137. The summed E-state index contributed by atoms with van der Waals surface area (Å²) < 4.78 is 54.0. The molecule has 0 aliphatic carbocycles. The molecule has 37 heavy (non-hydrogen) atoms. The molecule has 2 N–H and O–H groups in total. The molecule has 0 radical (unpaired) electrons. The molecule has 0 spiro atoms. The van der Waals surface area contributed by atoms with Crippen molar-refractivity contribution in [2.24, 2.45) is 0 Å². The Balaban J connectivity index is 1.45. The van der Waals surface area contributed by atoms with Crippen LogP contribution in [0.5, 0.6) is 0 Å². The molecule has 1 amide bonds. The zero-order valence-corrected chi connectivity index (χ0v) is 20.1. The van der Waals surface area contributed by atoms with Crippen molar-refractivity contribution in [3.8, 4) is 11.1 Å². The summed E-state index contributed by atoms with van der Waals surface area (Å²) in [6.07, 6.45) is 0.728. The second kappa shape index (κ2) is 9.93. The number of rotatable bonds is 5. The van der Waals surface area contributed by atoms with Gasteiger partial charge in [0.05, 0.1) is 23.0 Å². The molecule has 2 aromatic carbocycles. The molecule has 0 unspecified atom stereocenters. The normalized spacial score (nSPS) is 14.7. The predicted octanol–water partition coefficient (Wildman–Crippen LogP) is 6.33. The second-order valence-corrected chi connectivity index (χ2v) is 9.33. The number of hydrogen-bond acceptors (Lipinski definition) is 4. The van der Waals surface area contributed by atoms with Gasteiger partial charge in [-0.2, -0.15) is 18.3 Å². The van der Waals surface area contributed by atoms with E-state index in [9.17, 15) is 22.4 Å². The molecule has 0 saturated carbocycles. The number of piperidine rings is 1. The van der Waals surface area contributed by atoms with E-state index in [1.54, 1.807) is 25.1 Å². The molecular weight excluding hydrogens is 486 g/mol. The maximum atomic E-state index is 14.9. The summed E-state index contributed by atoms with van der Waals surface area (Å²) in [7, 11) is 0. The quantitative estimate of drug-likeness (QED) is 0.307. The van der Waals surface area contributed by atoms with Gasteiger partial charge in [-0.1, -0.05) is 12.5 Å². The van der Waals surface area contributed by atoms with E-state index in [4.69, 9.17) is 0 Å². The minimum atomic E-state index is -4.59. The molecule has 192 valence electrons. The molecule has 0 atom stereocenters. The van der Waals surface area contributed by atoms with Crippen LogP contribution in [0.1, 0.15) is 46.4 Å². The van der Waals surface area contributed by atoms with E-state index in [1.807, 2.05) is 12.1 Å². The molecule has 4 aromatic rings. The number of halogens is 4. The van der Waals surface area contributed by atoms with Crippen molar-refractivity contribution < 1.29 is 22.4 Å². The van der Waals surface area contributed by atoms with Crippen molar-refractivity contribution in [2.75, 3.05) is 18.4 Å². The van der Waals surface area contributed by atoms with E-state index in [1.165, 1.54) is 6.42 Å². The topological polar surface area (TPSA) is 73.9 Å². The number of aromatic amines is 1. The number of pyridine rings is 1. The number of H-pyrrole nitrogens is 1. The molecule has 2 aromatic heterocycles. The van der Waals surface area contributed by atoms with Gasteiger partial charge in [-0.25, -0.2) is 4.39 Å². The van der Waals surface area contributed by atoms with Gasteiger partial charge in [0, 0.05) is 18.1 Å². The zero-order valence-electron chi connectivity index (χ0n) is 20.1. The van der Waals surface area contributed by atoms with Crippen molar-refractivity contribution in [3.63, 3.8) is 0 Å². The number of anilines is 1. The van der Waals surface area contributed by atoms with Crippen LogP contribution in [-0.4, -0.2) is 39.1 Å². The SMILES string of the molecule is Cc1c(F)cc(CN2CCCCC2)cc1-c1ccc2[nH]nc(C(=O)Nc3cncc(C(F)(F)F)c3)c2c1. The van der Waals surface area contributed by atoms with Gasteiger partial charge in [-0.3, -0.25) is 19.8 Å². The summed E-state index contributed by atoms with van der Waals surface area (Å²) >= 11 is 0. The molecular formula is C27H25F4N5O.